The molecule has 0 radical (unpaired) electrons. The number of nitrogens with one attached hydrogen (secondary N) is 1. The van der Waals surface area contributed by atoms with Crippen LogP contribution in [0.25, 0.3) is 0 Å². The van der Waals surface area contributed by atoms with Crippen LogP contribution in [0.2, 0.25) is 0 Å². The van der Waals surface area contributed by atoms with Crippen molar-refractivity contribution >= 4 is 40.0 Å². The standard InChI is InChI=1S/C15H32N4O2S.HI/c1-8-22(20,21)18(7)11-9-10-17-13(16-6)19-12-14(2,3)15(19,4)5;/h8-12H2,1-7H3,(H,16,17);1H. The van der Waals surface area contributed by atoms with Crippen molar-refractivity contribution in [1.82, 2.24) is 14.5 Å². The van der Waals surface area contributed by atoms with Crippen molar-refractivity contribution in [1.29, 1.82) is 0 Å². The summed E-state index contributed by atoms with van der Waals surface area (Å²) in [5.41, 5.74) is 0.331. The molecule has 0 bridgehead atoms. The molecule has 0 amide bonds. The molecule has 1 N–H and O–H groups in total. The summed E-state index contributed by atoms with van der Waals surface area (Å²) in [5, 5.41) is 3.34. The van der Waals surface area contributed by atoms with Crippen LogP contribution in [0.15, 0.2) is 4.99 Å². The summed E-state index contributed by atoms with van der Waals surface area (Å²) in [6.45, 7) is 12.9. The van der Waals surface area contributed by atoms with Crippen LogP contribution in [0.1, 0.15) is 41.0 Å². The fourth-order valence-electron chi connectivity index (χ4n) is 2.56. The predicted molar refractivity (Wildman–Crippen MR) is 108 cm³/mol. The lowest BCUT2D eigenvalue weighted by Gasteiger charge is -2.62. The number of rotatable bonds is 6. The summed E-state index contributed by atoms with van der Waals surface area (Å²) in [6.07, 6.45) is 0.756. The van der Waals surface area contributed by atoms with E-state index in [2.05, 4.69) is 42.9 Å². The van der Waals surface area contributed by atoms with E-state index >= 15 is 0 Å². The summed E-state index contributed by atoms with van der Waals surface area (Å²) in [4.78, 5) is 6.63. The molecular weight excluding hydrogens is 427 g/mol. The normalized spacial score (nSPS) is 20.0. The second-order valence-electron chi connectivity index (χ2n) is 7.08. The molecule has 0 aliphatic carbocycles. The van der Waals surface area contributed by atoms with Gasteiger partial charge in [-0.25, -0.2) is 12.7 Å². The first kappa shape index (κ1) is 22.9. The highest BCUT2D eigenvalue weighted by atomic mass is 127. The monoisotopic (exact) mass is 460 g/mol. The first-order valence-corrected chi connectivity index (χ1v) is 9.53. The minimum absolute atomic E-state index is 0. The third-order valence-electron chi connectivity index (χ3n) is 5.12. The zero-order valence-electron chi connectivity index (χ0n) is 15.5. The second kappa shape index (κ2) is 8.33. The van der Waals surface area contributed by atoms with E-state index in [0.29, 0.717) is 13.1 Å². The largest absolute Gasteiger partial charge is 0.356 e. The van der Waals surface area contributed by atoms with Gasteiger partial charge in [-0.3, -0.25) is 4.99 Å². The summed E-state index contributed by atoms with van der Waals surface area (Å²) < 4.78 is 24.8. The smallest absolute Gasteiger partial charge is 0.213 e. The summed E-state index contributed by atoms with van der Waals surface area (Å²) in [6, 6.07) is 0. The number of nitrogens with zero attached hydrogens (tertiary/aromatic N) is 3. The highest BCUT2D eigenvalue weighted by Gasteiger charge is 2.53. The predicted octanol–water partition coefficient (Wildman–Crippen LogP) is 1.97. The van der Waals surface area contributed by atoms with Crippen LogP contribution in [0.3, 0.4) is 0 Å². The van der Waals surface area contributed by atoms with Crippen LogP contribution in [-0.2, 0) is 10.0 Å². The molecule has 1 fully saturated rings. The molecule has 0 aromatic rings. The van der Waals surface area contributed by atoms with Crippen LogP contribution in [0, 0.1) is 5.41 Å². The molecule has 1 saturated heterocycles. The third-order valence-corrected chi connectivity index (χ3v) is 6.99. The number of halogens is 1. The minimum atomic E-state index is -3.08. The first-order chi connectivity index (χ1) is 9.99. The molecule has 0 atom stereocenters. The lowest BCUT2D eigenvalue weighted by Crippen LogP contribution is -2.72. The average molecular weight is 460 g/mol. The summed E-state index contributed by atoms with van der Waals surface area (Å²) >= 11 is 0. The second-order valence-corrected chi connectivity index (χ2v) is 9.44. The maximum absolute atomic E-state index is 11.7. The Hall–Kier alpha value is -0.0900. The van der Waals surface area contributed by atoms with Crippen LogP contribution in [0.5, 0.6) is 0 Å². The van der Waals surface area contributed by atoms with E-state index in [-0.39, 0.29) is 40.7 Å². The fraction of sp³-hybridized carbons (Fsp3) is 0.933. The Morgan fingerprint density at radius 3 is 2.26 bits per heavy atom. The Morgan fingerprint density at radius 2 is 1.87 bits per heavy atom. The van der Waals surface area contributed by atoms with Gasteiger partial charge in [-0.2, -0.15) is 0 Å². The van der Waals surface area contributed by atoms with E-state index in [9.17, 15) is 8.42 Å². The van der Waals surface area contributed by atoms with E-state index < -0.39 is 10.0 Å². The highest BCUT2D eigenvalue weighted by molar-refractivity contribution is 14.0. The van der Waals surface area contributed by atoms with Gasteiger partial charge < -0.3 is 10.2 Å². The molecule has 1 aliphatic rings. The van der Waals surface area contributed by atoms with Gasteiger partial charge in [0.2, 0.25) is 10.0 Å². The van der Waals surface area contributed by atoms with Crippen LogP contribution in [-0.4, -0.2) is 68.6 Å². The molecule has 0 saturated carbocycles. The SMILES string of the molecule is CCS(=O)(=O)N(C)CCCNC(=NC)N1CC(C)(C)C1(C)C.I. The molecule has 1 rings (SSSR count). The molecule has 1 aliphatic heterocycles. The molecule has 23 heavy (non-hydrogen) atoms. The number of sulfonamides is 1. The van der Waals surface area contributed by atoms with Crippen LogP contribution in [0.4, 0.5) is 0 Å². The van der Waals surface area contributed by atoms with E-state index in [1.54, 1.807) is 21.0 Å². The Labute approximate surface area is 159 Å². The van der Waals surface area contributed by atoms with Crippen molar-refractivity contribution in [2.45, 2.75) is 46.6 Å². The Morgan fingerprint density at radius 1 is 1.30 bits per heavy atom. The van der Waals surface area contributed by atoms with Crippen molar-refractivity contribution in [3.05, 3.63) is 0 Å². The van der Waals surface area contributed by atoms with Crippen LogP contribution >= 0.6 is 24.0 Å². The minimum Gasteiger partial charge on any atom is -0.356 e. The number of hydrogen-bond acceptors (Lipinski definition) is 3. The quantitative estimate of drug-likeness (QED) is 0.285. The Balaban J connectivity index is 0.00000484. The van der Waals surface area contributed by atoms with Gasteiger partial charge in [0.25, 0.3) is 0 Å². The van der Waals surface area contributed by atoms with Gasteiger partial charge in [0, 0.05) is 44.7 Å². The summed E-state index contributed by atoms with van der Waals surface area (Å²) in [5.74, 6) is 1.04. The van der Waals surface area contributed by atoms with Crippen LogP contribution < -0.4 is 5.32 Å². The zero-order valence-corrected chi connectivity index (χ0v) is 18.7. The number of aliphatic imine (C=N–C) groups is 1. The Bertz CT molecular complexity index is 518. The maximum Gasteiger partial charge on any atom is 0.213 e. The van der Waals surface area contributed by atoms with Crippen molar-refractivity contribution < 1.29 is 8.42 Å². The van der Waals surface area contributed by atoms with Crippen molar-refractivity contribution in [3.63, 3.8) is 0 Å². The zero-order chi connectivity index (χ0) is 17.2. The van der Waals surface area contributed by atoms with Gasteiger partial charge in [0.15, 0.2) is 5.96 Å². The third kappa shape index (κ3) is 4.94. The molecule has 6 nitrogen and oxygen atoms in total. The van der Waals surface area contributed by atoms with E-state index in [4.69, 9.17) is 0 Å². The molecular formula is C15H33IN4O2S. The van der Waals surface area contributed by atoms with E-state index in [1.807, 2.05) is 0 Å². The van der Waals surface area contributed by atoms with E-state index in [1.165, 1.54) is 4.31 Å². The maximum atomic E-state index is 11.7. The molecule has 0 unspecified atom stereocenters. The van der Waals surface area contributed by atoms with E-state index in [0.717, 1.165) is 18.9 Å². The number of guanidine groups is 1. The number of hydrogen-bond donors (Lipinski definition) is 1. The Kier molecular flexibility index (Phi) is 8.30. The molecule has 138 valence electrons. The molecule has 0 aromatic heterocycles. The number of likely N-dealkylation sites (tertiary alicyclic amines) is 1. The first-order valence-electron chi connectivity index (χ1n) is 7.92. The van der Waals surface area contributed by atoms with Gasteiger partial charge >= 0.3 is 0 Å². The molecule has 8 heteroatoms. The van der Waals surface area contributed by atoms with Gasteiger partial charge in [-0.05, 0) is 27.2 Å². The highest BCUT2D eigenvalue weighted by Crippen LogP contribution is 2.46. The van der Waals surface area contributed by atoms with Crippen molar-refractivity contribution in [2.24, 2.45) is 10.4 Å². The lowest BCUT2D eigenvalue weighted by atomic mass is 9.65. The topological polar surface area (TPSA) is 65.0 Å². The molecule has 1 heterocycles. The van der Waals surface area contributed by atoms with Gasteiger partial charge in [0.1, 0.15) is 0 Å². The van der Waals surface area contributed by atoms with Crippen molar-refractivity contribution in [2.75, 3.05) is 39.5 Å². The van der Waals surface area contributed by atoms with Gasteiger partial charge in [-0.1, -0.05) is 13.8 Å². The average Bonchev–Trinajstić information content (AvgIpc) is 2.45. The summed E-state index contributed by atoms with van der Waals surface area (Å²) in [7, 11) is 0.339. The molecule has 0 aromatic carbocycles. The fourth-order valence-corrected chi connectivity index (χ4v) is 3.40. The van der Waals surface area contributed by atoms with Gasteiger partial charge in [-0.15, -0.1) is 24.0 Å². The van der Waals surface area contributed by atoms with Gasteiger partial charge in [0.05, 0.1) is 5.75 Å². The lowest BCUT2D eigenvalue weighted by molar-refractivity contribution is -0.0667. The van der Waals surface area contributed by atoms with Crippen molar-refractivity contribution in [3.8, 4) is 0 Å². The molecule has 0 spiro atoms.